The van der Waals surface area contributed by atoms with Gasteiger partial charge in [0.15, 0.2) is 0 Å². The summed E-state index contributed by atoms with van der Waals surface area (Å²) in [4.78, 5) is 15.9. The number of hydrogen-bond acceptors (Lipinski definition) is 5. The molecule has 1 amide bonds. The van der Waals surface area contributed by atoms with E-state index in [4.69, 9.17) is 10.3 Å². The summed E-state index contributed by atoms with van der Waals surface area (Å²) >= 11 is 0. The number of carbonyl (C=O) groups excluding carboxylic acids is 1. The van der Waals surface area contributed by atoms with Crippen LogP contribution in [0.5, 0.6) is 0 Å². The van der Waals surface area contributed by atoms with E-state index in [-0.39, 0.29) is 23.6 Å². The van der Waals surface area contributed by atoms with Gasteiger partial charge in [-0.1, -0.05) is 17.3 Å². The minimum Gasteiger partial charge on any atom is -0.384 e. The Kier molecular flexibility index (Phi) is 4.19. The van der Waals surface area contributed by atoms with Crippen LogP contribution < -0.4 is 11.1 Å². The predicted octanol–water partition coefficient (Wildman–Crippen LogP) is 2.53. The average molecular weight is 330 g/mol. The summed E-state index contributed by atoms with van der Waals surface area (Å²) in [5, 5.41) is 6.14. The molecule has 2 heterocycles. The molecule has 0 radical (unpaired) electrons. The van der Waals surface area contributed by atoms with Gasteiger partial charge in [-0.3, -0.25) is 4.79 Å². The Morgan fingerprint density at radius 3 is 2.62 bits per heavy atom. The van der Waals surface area contributed by atoms with E-state index >= 15 is 0 Å². The molecule has 3 aromatic rings. The molecule has 8 heteroatoms. The number of amides is 1. The fourth-order valence-corrected chi connectivity index (χ4v) is 2.05. The van der Waals surface area contributed by atoms with E-state index in [0.29, 0.717) is 5.82 Å². The third-order valence-corrected chi connectivity index (χ3v) is 3.25. The van der Waals surface area contributed by atoms with Crippen molar-refractivity contribution in [2.24, 2.45) is 0 Å². The van der Waals surface area contributed by atoms with Crippen molar-refractivity contribution in [3.8, 4) is 11.3 Å². The van der Waals surface area contributed by atoms with E-state index in [0.717, 1.165) is 17.7 Å². The summed E-state index contributed by atoms with van der Waals surface area (Å²) in [6, 6.07) is 7.93. The highest BCUT2D eigenvalue weighted by Crippen LogP contribution is 2.25. The lowest BCUT2D eigenvalue weighted by molar-refractivity contribution is 0.0914. The minimum absolute atomic E-state index is 0.0927. The number of nitrogens with zero attached hydrogens (tertiary/aromatic N) is 2. The molecule has 0 aliphatic heterocycles. The molecular formula is C16H12F2N4O2. The number of nitrogens with two attached hydrogens (primary N) is 1. The van der Waals surface area contributed by atoms with Crippen molar-refractivity contribution in [1.82, 2.24) is 15.5 Å². The predicted molar refractivity (Wildman–Crippen MR) is 81.7 cm³/mol. The van der Waals surface area contributed by atoms with E-state index in [1.54, 1.807) is 12.1 Å². The van der Waals surface area contributed by atoms with Crippen LogP contribution in [0, 0.1) is 11.6 Å². The van der Waals surface area contributed by atoms with Crippen molar-refractivity contribution < 1.29 is 18.1 Å². The van der Waals surface area contributed by atoms with Crippen LogP contribution in [0.2, 0.25) is 0 Å². The zero-order valence-electron chi connectivity index (χ0n) is 12.3. The minimum atomic E-state index is -0.789. The number of nitrogens with one attached hydrogen (secondary N) is 1. The highest BCUT2D eigenvalue weighted by Gasteiger charge is 2.18. The first kappa shape index (κ1) is 15.6. The Bertz CT molecular complexity index is 858. The Labute approximate surface area is 135 Å². The molecule has 6 nitrogen and oxygen atoms in total. The van der Waals surface area contributed by atoms with Gasteiger partial charge in [-0.15, -0.1) is 0 Å². The first-order chi connectivity index (χ1) is 11.5. The Balaban J connectivity index is 1.73. The van der Waals surface area contributed by atoms with Crippen LogP contribution in [0.4, 0.5) is 14.6 Å². The van der Waals surface area contributed by atoms with E-state index in [9.17, 15) is 13.6 Å². The van der Waals surface area contributed by atoms with Crippen molar-refractivity contribution in [3.05, 3.63) is 65.6 Å². The number of pyridine rings is 1. The van der Waals surface area contributed by atoms with Crippen LogP contribution >= 0.6 is 0 Å². The quantitative estimate of drug-likeness (QED) is 0.766. The van der Waals surface area contributed by atoms with Crippen LogP contribution in [0.25, 0.3) is 11.3 Å². The number of benzene rings is 1. The number of carbonyl (C=O) groups is 1. The summed E-state index contributed by atoms with van der Waals surface area (Å²) in [5.41, 5.74) is 5.77. The fourth-order valence-electron chi connectivity index (χ4n) is 2.05. The molecule has 24 heavy (non-hydrogen) atoms. The van der Waals surface area contributed by atoms with Crippen LogP contribution in [-0.4, -0.2) is 16.0 Å². The average Bonchev–Trinajstić information content (AvgIpc) is 3.03. The third kappa shape index (κ3) is 3.22. The number of halogens is 2. The summed E-state index contributed by atoms with van der Waals surface area (Å²) in [5.74, 6) is -1.93. The Morgan fingerprint density at radius 2 is 1.96 bits per heavy atom. The Hall–Kier alpha value is -3.29. The lowest BCUT2D eigenvalue weighted by Gasteiger charge is -2.02. The van der Waals surface area contributed by atoms with Crippen molar-refractivity contribution in [3.63, 3.8) is 0 Å². The molecule has 3 rings (SSSR count). The van der Waals surface area contributed by atoms with Gasteiger partial charge in [-0.05, 0) is 23.8 Å². The summed E-state index contributed by atoms with van der Waals surface area (Å²) in [6.07, 6.45) is 1.52. The molecule has 0 saturated carbocycles. The highest BCUT2D eigenvalue weighted by atomic mass is 19.1. The molecule has 0 fully saturated rings. The lowest BCUT2D eigenvalue weighted by atomic mass is 10.1. The van der Waals surface area contributed by atoms with Gasteiger partial charge in [0.2, 0.25) is 5.76 Å². The first-order valence-corrected chi connectivity index (χ1v) is 6.94. The van der Waals surface area contributed by atoms with Gasteiger partial charge >= 0.3 is 0 Å². The van der Waals surface area contributed by atoms with Gasteiger partial charge in [0.1, 0.15) is 23.1 Å². The molecular weight excluding hydrogens is 318 g/mol. The van der Waals surface area contributed by atoms with Crippen LogP contribution in [0.1, 0.15) is 16.1 Å². The van der Waals surface area contributed by atoms with Gasteiger partial charge in [0.25, 0.3) is 5.91 Å². The van der Waals surface area contributed by atoms with Crippen molar-refractivity contribution in [1.29, 1.82) is 0 Å². The Morgan fingerprint density at radius 1 is 1.21 bits per heavy atom. The zero-order chi connectivity index (χ0) is 17.1. The summed E-state index contributed by atoms with van der Waals surface area (Å²) in [7, 11) is 0. The van der Waals surface area contributed by atoms with E-state index < -0.39 is 17.5 Å². The molecule has 0 bridgehead atoms. The molecule has 0 unspecified atom stereocenters. The molecule has 0 aliphatic rings. The van der Waals surface area contributed by atoms with E-state index in [1.165, 1.54) is 18.3 Å². The standard InChI is InChI=1S/C16H12F2N4O2/c17-10-2-1-3-11(18)15(10)12-6-13(24-22-12)16(23)21-8-9-4-5-14(19)20-7-9/h1-7H,8H2,(H2,19,20)(H,21,23). The molecule has 0 saturated heterocycles. The van der Waals surface area contributed by atoms with Gasteiger partial charge in [0.05, 0.1) is 5.56 Å². The number of anilines is 1. The van der Waals surface area contributed by atoms with Crippen LogP contribution in [0.15, 0.2) is 47.1 Å². The van der Waals surface area contributed by atoms with E-state index in [2.05, 4.69) is 15.5 Å². The molecule has 0 atom stereocenters. The van der Waals surface area contributed by atoms with Crippen LogP contribution in [-0.2, 0) is 6.54 Å². The zero-order valence-corrected chi connectivity index (χ0v) is 12.3. The largest absolute Gasteiger partial charge is 0.384 e. The van der Waals surface area contributed by atoms with Crippen LogP contribution in [0.3, 0.4) is 0 Å². The number of rotatable bonds is 4. The van der Waals surface area contributed by atoms with Gasteiger partial charge in [-0.25, -0.2) is 13.8 Å². The molecule has 0 spiro atoms. The molecule has 3 N–H and O–H groups in total. The van der Waals surface area contributed by atoms with E-state index in [1.807, 2.05) is 0 Å². The second-order valence-electron chi connectivity index (χ2n) is 4.95. The topological polar surface area (TPSA) is 94.0 Å². The SMILES string of the molecule is Nc1ccc(CNC(=O)c2cc(-c3c(F)cccc3F)no2)cn1. The van der Waals surface area contributed by atoms with Gasteiger partial charge in [-0.2, -0.15) is 0 Å². The van der Waals surface area contributed by atoms with Crippen molar-refractivity contribution in [2.75, 3.05) is 5.73 Å². The summed E-state index contributed by atoms with van der Waals surface area (Å²) < 4.78 is 32.3. The maximum atomic E-state index is 13.7. The summed E-state index contributed by atoms with van der Waals surface area (Å²) in [6.45, 7) is 0.191. The normalized spacial score (nSPS) is 10.6. The highest BCUT2D eigenvalue weighted by molar-refractivity contribution is 5.92. The smallest absolute Gasteiger partial charge is 0.290 e. The molecule has 2 aromatic heterocycles. The second kappa shape index (κ2) is 6.45. The second-order valence-corrected chi connectivity index (χ2v) is 4.95. The number of aromatic nitrogens is 2. The molecule has 122 valence electrons. The monoisotopic (exact) mass is 330 g/mol. The number of nitrogen functional groups attached to an aromatic ring is 1. The fraction of sp³-hybridized carbons (Fsp3) is 0.0625. The first-order valence-electron chi connectivity index (χ1n) is 6.94. The lowest BCUT2D eigenvalue weighted by Crippen LogP contribution is -2.22. The molecule has 0 aliphatic carbocycles. The van der Waals surface area contributed by atoms with Crippen molar-refractivity contribution in [2.45, 2.75) is 6.54 Å². The molecule has 1 aromatic carbocycles. The third-order valence-electron chi connectivity index (χ3n) is 3.25. The maximum absolute atomic E-state index is 13.7. The number of hydrogen-bond donors (Lipinski definition) is 2. The van der Waals surface area contributed by atoms with Crippen molar-refractivity contribution >= 4 is 11.7 Å². The maximum Gasteiger partial charge on any atom is 0.290 e. The van der Waals surface area contributed by atoms with Gasteiger partial charge < -0.3 is 15.6 Å². The van der Waals surface area contributed by atoms with Gasteiger partial charge in [0, 0.05) is 18.8 Å².